The van der Waals surface area contributed by atoms with Crippen molar-refractivity contribution in [3.63, 3.8) is 0 Å². The largest absolute Gasteiger partial charge is 0.353 e. The van der Waals surface area contributed by atoms with E-state index in [-0.39, 0.29) is 0 Å². The van der Waals surface area contributed by atoms with Crippen LogP contribution in [-0.2, 0) is 6.54 Å². The standard InChI is InChI=1S/C17H16N6S/c1-12-10-24-15(20-12)9-22(2)16-8-14(13-6-4-3-5-7-13)21-17-18-11-19-23(16)17/h3-8,10-11H,9H2,1-2H3. The Morgan fingerprint density at radius 2 is 2.00 bits per heavy atom. The predicted octanol–water partition coefficient (Wildman–Crippen LogP) is 3.19. The minimum Gasteiger partial charge on any atom is -0.353 e. The minimum absolute atomic E-state index is 0.591. The lowest BCUT2D eigenvalue weighted by molar-refractivity contribution is 0.826. The second kappa shape index (κ2) is 6.01. The first-order valence-corrected chi connectivity index (χ1v) is 8.47. The molecule has 0 aliphatic rings. The topological polar surface area (TPSA) is 59.2 Å². The van der Waals surface area contributed by atoms with Gasteiger partial charge in [0.2, 0.25) is 0 Å². The van der Waals surface area contributed by atoms with Crippen molar-refractivity contribution in [2.24, 2.45) is 0 Å². The Bertz CT molecular complexity index is 975. The van der Waals surface area contributed by atoms with Gasteiger partial charge in [0.15, 0.2) is 0 Å². The Labute approximate surface area is 143 Å². The zero-order valence-electron chi connectivity index (χ0n) is 13.4. The molecule has 3 aromatic heterocycles. The molecule has 0 saturated carbocycles. The van der Waals surface area contributed by atoms with Gasteiger partial charge >= 0.3 is 0 Å². The normalized spacial score (nSPS) is 11.1. The van der Waals surface area contributed by atoms with Crippen LogP contribution in [0.4, 0.5) is 5.82 Å². The summed E-state index contributed by atoms with van der Waals surface area (Å²) in [6.07, 6.45) is 1.53. The summed E-state index contributed by atoms with van der Waals surface area (Å²) < 4.78 is 1.76. The quantitative estimate of drug-likeness (QED) is 0.573. The van der Waals surface area contributed by atoms with Crippen molar-refractivity contribution >= 4 is 22.9 Å². The lowest BCUT2D eigenvalue weighted by Gasteiger charge is -2.19. The summed E-state index contributed by atoms with van der Waals surface area (Å²) in [5.41, 5.74) is 2.99. The Balaban J connectivity index is 1.77. The second-order valence-corrected chi connectivity index (χ2v) is 6.52. The van der Waals surface area contributed by atoms with Gasteiger partial charge in [-0.15, -0.1) is 11.3 Å². The Hall–Kier alpha value is -2.80. The number of hydrogen-bond donors (Lipinski definition) is 0. The van der Waals surface area contributed by atoms with Crippen LogP contribution in [0.3, 0.4) is 0 Å². The van der Waals surface area contributed by atoms with Crippen LogP contribution in [0.2, 0.25) is 0 Å². The average molecular weight is 336 g/mol. The van der Waals surface area contributed by atoms with Gasteiger partial charge < -0.3 is 4.90 Å². The second-order valence-electron chi connectivity index (χ2n) is 5.58. The Morgan fingerprint density at radius 1 is 1.17 bits per heavy atom. The fourth-order valence-electron chi connectivity index (χ4n) is 2.58. The fraction of sp³-hybridized carbons (Fsp3) is 0.176. The Morgan fingerprint density at radius 3 is 2.75 bits per heavy atom. The third-order valence-electron chi connectivity index (χ3n) is 3.73. The maximum atomic E-state index is 4.61. The summed E-state index contributed by atoms with van der Waals surface area (Å²) in [5.74, 6) is 1.53. The van der Waals surface area contributed by atoms with Crippen molar-refractivity contribution in [2.75, 3.05) is 11.9 Å². The summed E-state index contributed by atoms with van der Waals surface area (Å²) >= 11 is 1.67. The molecule has 4 aromatic rings. The molecule has 1 aromatic carbocycles. The maximum absolute atomic E-state index is 4.61. The first-order chi connectivity index (χ1) is 11.7. The number of benzene rings is 1. The molecule has 0 bridgehead atoms. The molecule has 120 valence electrons. The van der Waals surface area contributed by atoms with Crippen LogP contribution in [0.5, 0.6) is 0 Å². The van der Waals surface area contributed by atoms with Crippen molar-refractivity contribution in [3.05, 3.63) is 58.8 Å². The molecule has 3 heterocycles. The average Bonchev–Trinajstić information content (AvgIpc) is 3.23. The van der Waals surface area contributed by atoms with Gasteiger partial charge in [0, 0.05) is 29.8 Å². The highest BCUT2D eigenvalue weighted by atomic mass is 32.1. The van der Waals surface area contributed by atoms with E-state index in [4.69, 9.17) is 0 Å². The van der Waals surface area contributed by atoms with E-state index >= 15 is 0 Å². The van der Waals surface area contributed by atoms with Gasteiger partial charge in [0.05, 0.1) is 12.2 Å². The molecule has 24 heavy (non-hydrogen) atoms. The van der Waals surface area contributed by atoms with Gasteiger partial charge in [-0.25, -0.2) is 9.97 Å². The van der Waals surface area contributed by atoms with E-state index in [9.17, 15) is 0 Å². The molecule has 4 rings (SSSR count). The molecule has 0 amide bonds. The van der Waals surface area contributed by atoms with Gasteiger partial charge in [0.25, 0.3) is 5.78 Å². The lowest BCUT2D eigenvalue weighted by atomic mass is 10.1. The van der Waals surface area contributed by atoms with Gasteiger partial charge in [0.1, 0.15) is 17.2 Å². The highest BCUT2D eigenvalue weighted by Gasteiger charge is 2.14. The summed E-state index contributed by atoms with van der Waals surface area (Å²) in [5, 5.41) is 7.44. The van der Waals surface area contributed by atoms with E-state index in [1.807, 2.05) is 50.4 Å². The minimum atomic E-state index is 0.591. The molecule has 0 radical (unpaired) electrons. The SMILES string of the molecule is Cc1csc(CN(C)c2cc(-c3ccccc3)nc3ncnn23)n1. The number of rotatable bonds is 4. The van der Waals surface area contributed by atoms with Crippen molar-refractivity contribution < 1.29 is 0 Å². The van der Waals surface area contributed by atoms with Crippen LogP contribution in [0.1, 0.15) is 10.7 Å². The molecule has 0 N–H and O–H groups in total. The van der Waals surface area contributed by atoms with E-state index in [0.717, 1.165) is 27.8 Å². The highest BCUT2D eigenvalue weighted by molar-refractivity contribution is 7.09. The van der Waals surface area contributed by atoms with Crippen molar-refractivity contribution in [1.29, 1.82) is 0 Å². The zero-order valence-corrected chi connectivity index (χ0v) is 14.2. The van der Waals surface area contributed by atoms with Crippen LogP contribution in [-0.4, -0.2) is 31.6 Å². The third kappa shape index (κ3) is 2.74. The number of aryl methyl sites for hydroxylation is 1. The van der Waals surface area contributed by atoms with E-state index in [0.29, 0.717) is 12.3 Å². The van der Waals surface area contributed by atoms with Gasteiger partial charge in [-0.1, -0.05) is 30.3 Å². The first-order valence-electron chi connectivity index (χ1n) is 7.59. The number of anilines is 1. The van der Waals surface area contributed by atoms with E-state index in [1.165, 1.54) is 6.33 Å². The van der Waals surface area contributed by atoms with Crippen LogP contribution in [0.25, 0.3) is 17.0 Å². The van der Waals surface area contributed by atoms with Gasteiger partial charge in [-0.3, -0.25) is 0 Å². The van der Waals surface area contributed by atoms with Crippen molar-refractivity contribution in [1.82, 2.24) is 24.6 Å². The van der Waals surface area contributed by atoms with E-state index in [1.54, 1.807) is 15.9 Å². The molecule has 6 nitrogen and oxygen atoms in total. The molecule has 0 saturated heterocycles. The molecular formula is C17H16N6S. The molecule has 0 spiro atoms. The van der Waals surface area contributed by atoms with Crippen LogP contribution < -0.4 is 4.90 Å². The molecule has 0 atom stereocenters. The van der Waals surface area contributed by atoms with E-state index in [2.05, 4.69) is 30.3 Å². The molecule has 0 aliphatic heterocycles. The number of fused-ring (bicyclic) bond motifs is 1. The molecule has 0 fully saturated rings. The summed E-state index contributed by atoms with van der Waals surface area (Å²) in [6, 6.07) is 12.1. The molecule has 7 heteroatoms. The Kier molecular flexibility index (Phi) is 3.70. The molecule has 0 unspecified atom stereocenters. The van der Waals surface area contributed by atoms with Crippen LogP contribution in [0.15, 0.2) is 48.1 Å². The third-order valence-corrected chi connectivity index (χ3v) is 4.68. The molecular weight excluding hydrogens is 320 g/mol. The number of thiazole rings is 1. The number of aromatic nitrogens is 5. The van der Waals surface area contributed by atoms with Crippen molar-refractivity contribution in [2.45, 2.75) is 13.5 Å². The van der Waals surface area contributed by atoms with Crippen LogP contribution >= 0.6 is 11.3 Å². The summed E-state index contributed by atoms with van der Waals surface area (Å²) in [7, 11) is 2.03. The monoisotopic (exact) mass is 336 g/mol. The van der Waals surface area contributed by atoms with E-state index < -0.39 is 0 Å². The number of hydrogen-bond acceptors (Lipinski definition) is 6. The first kappa shape index (κ1) is 14.8. The highest BCUT2D eigenvalue weighted by Crippen LogP contribution is 2.24. The molecule has 0 aliphatic carbocycles. The van der Waals surface area contributed by atoms with Gasteiger partial charge in [-0.2, -0.15) is 14.6 Å². The van der Waals surface area contributed by atoms with Crippen LogP contribution in [0, 0.1) is 6.92 Å². The number of nitrogens with zero attached hydrogens (tertiary/aromatic N) is 6. The zero-order chi connectivity index (χ0) is 16.5. The fourth-order valence-corrected chi connectivity index (χ4v) is 3.41. The van der Waals surface area contributed by atoms with Gasteiger partial charge in [-0.05, 0) is 6.92 Å². The smallest absolute Gasteiger partial charge is 0.254 e. The maximum Gasteiger partial charge on any atom is 0.254 e. The predicted molar refractivity (Wildman–Crippen MR) is 95.2 cm³/mol. The lowest BCUT2D eigenvalue weighted by Crippen LogP contribution is -2.20. The van der Waals surface area contributed by atoms with Crippen molar-refractivity contribution in [3.8, 4) is 11.3 Å². The summed E-state index contributed by atoms with van der Waals surface area (Å²) in [6.45, 7) is 2.72. The summed E-state index contributed by atoms with van der Waals surface area (Å²) in [4.78, 5) is 15.5.